The van der Waals surface area contributed by atoms with Crippen molar-refractivity contribution in [1.29, 1.82) is 0 Å². The van der Waals surface area contributed by atoms with Gasteiger partial charge in [-0.3, -0.25) is 14.9 Å². The molecule has 1 amide bonds. The van der Waals surface area contributed by atoms with E-state index in [1.807, 2.05) is 6.07 Å². The fourth-order valence-corrected chi connectivity index (χ4v) is 2.66. The highest BCUT2D eigenvalue weighted by atomic mass is 35.5. The minimum atomic E-state index is -0.452. The Morgan fingerprint density at radius 3 is 2.57 bits per heavy atom. The molecule has 6 heteroatoms. The minimum absolute atomic E-state index is 0.0349. The second-order valence-corrected chi connectivity index (χ2v) is 5.19. The van der Waals surface area contributed by atoms with E-state index in [0.29, 0.717) is 29.2 Å². The third kappa shape index (κ3) is 2.36. The van der Waals surface area contributed by atoms with Crippen LogP contribution in [0.15, 0.2) is 42.5 Å². The Bertz CT molecular complexity index is 728. The van der Waals surface area contributed by atoms with Crippen molar-refractivity contribution in [3.05, 3.63) is 68.7 Å². The van der Waals surface area contributed by atoms with E-state index in [2.05, 4.69) is 0 Å². The first-order valence-corrected chi connectivity index (χ1v) is 6.79. The lowest BCUT2D eigenvalue weighted by Gasteiger charge is -2.17. The molecule has 0 fully saturated rings. The number of anilines is 1. The highest BCUT2D eigenvalue weighted by Gasteiger charge is 2.32. The van der Waals surface area contributed by atoms with Gasteiger partial charge in [0.05, 0.1) is 4.92 Å². The summed E-state index contributed by atoms with van der Waals surface area (Å²) in [6, 6.07) is 11.4. The van der Waals surface area contributed by atoms with Crippen molar-refractivity contribution < 1.29 is 9.72 Å². The molecule has 5 nitrogen and oxygen atoms in total. The lowest BCUT2D eigenvalue weighted by Crippen LogP contribution is -2.29. The Morgan fingerprint density at radius 2 is 1.90 bits per heavy atom. The summed E-state index contributed by atoms with van der Waals surface area (Å²) in [5.74, 6) is -0.250. The molecular formula is C15H11ClN2O3. The quantitative estimate of drug-likeness (QED) is 0.630. The van der Waals surface area contributed by atoms with Gasteiger partial charge < -0.3 is 4.90 Å². The molecule has 106 valence electrons. The first-order valence-electron chi connectivity index (χ1n) is 6.41. The number of carbonyl (C=O) groups excluding carboxylic acids is 1. The number of para-hydroxylation sites is 1. The summed E-state index contributed by atoms with van der Waals surface area (Å²) in [4.78, 5) is 24.7. The second-order valence-electron chi connectivity index (χ2n) is 4.76. The van der Waals surface area contributed by atoms with Crippen molar-refractivity contribution in [3.63, 3.8) is 0 Å². The molecule has 0 atom stereocenters. The average Bonchev–Trinajstić information content (AvgIpc) is 2.91. The number of nitrogens with zero attached hydrogens (tertiary/aromatic N) is 2. The normalized spacial score (nSPS) is 13.1. The summed E-state index contributed by atoms with van der Waals surface area (Å²) in [7, 11) is 0. The molecule has 0 aliphatic carbocycles. The molecule has 0 saturated heterocycles. The van der Waals surface area contributed by atoms with Gasteiger partial charge in [-0.05, 0) is 36.2 Å². The zero-order valence-corrected chi connectivity index (χ0v) is 11.7. The summed E-state index contributed by atoms with van der Waals surface area (Å²) in [6.07, 6.45) is 0.621. The van der Waals surface area contributed by atoms with Gasteiger partial charge in [-0.25, -0.2) is 0 Å². The van der Waals surface area contributed by atoms with Gasteiger partial charge >= 0.3 is 0 Å². The van der Waals surface area contributed by atoms with Gasteiger partial charge in [0.15, 0.2) is 0 Å². The number of carbonyl (C=O) groups is 1. The van der Waals surface area contributed by atoms with E-state index in [0.717, 1.165) is 5.56 Å². The van der Waals surface area contributed by atoms with Gasteiger partial charge in [-0.15, -0.1) is 0 Å². The molecule has 2 aromatic rings. The Hall–Kier alpha value is -2.40. The summed E-state index contributed by atoms with van der Waals surface area (Å²) < 4.78 is 0. The Balaban J connectivity index is 2.02. The van der Waals surface area contributed by atoms with Crippen LogP contribution in [0.3, 0.4) is 0 Å². The molecule has 3 rings (SSSR count). The van der Waals surface area contributed by atoms with E-state index < -0.39 is 4.92 Å². The number of fused-ring (bicyclic) bond motifs is 1. The van der Waals surface area contributed by atoms with E-state index in [4.69, 9.17) is 11.6 Å². The standard InChI is InChI=1S/C15H11ClN2O3/c16-12-6-4-11(5-7-12)15(19)17-9-8-10-2-1-3-13(14(10)17)18(20)21/h1-7H,8-9H2. The van der Waals surface area contributed by atoms with Crippen LogP contribution in [0.2, 0.25) is 5.02 Å². The number of benzene rings is 2. The third-order valence-electron chi connectivity index (χ3n) is 3.51. The maximum Gasteiger partial charge on any atom is 0.293 e. The van der Waals surface area contributed by atoms with Crippen LogP contribution >= 0.6 is 11.6 Å². The van der Waals surface area contributed by atoms with Crippen LogP contribution in [0, 0.1) is 10.1 Å². The van der Waals surface area contributed by atoms with E-state index in [9.17, 15) is 14.9 Å². The number of nitro groups is 1. The number of halogens is 1. The smallest absolute Gasteiger partial charge is 0.293 e. The fourth-order valence-electron chi connectivity index (χ4n) is 2.53. The average molecular weight is 303 g/mol. The molecular weight excluding hydrogens is 292 g/mol. The van der Waals surface area contributed by atoms with E-state index in [-0.39, 0.29) is 11.6 Å². The van der Waals surface area contributed by atoms with Crippen molar-refractivity contribution in [2.24, 2.45) is 0 Å². The van der Waals surface area contributed by atoms with Gasteiger partial charge in [0, 0.05) is 23.2 Å². The van der Waals surface area contributed by atoms with Crippen molar-refractivity contribution >= 4 is 28.9 Å². The molecule has 0 N–H and O–H groups in total. The minimum Gasteiger partial charge on any atom is -0.302 e. The van der Waals surface area contributed by atoms with Crippen LogP contribution in [-0.4, -0.2) is 17.4 Å². The number of rotatable bonds is 2. The number of amides is 1. The zero-order chi connectivity index (χ0) is 15.0. The van der Waals surface area contributed by atoms with Crippen LogP contribution in [0.5, 0.6) is 0 Å². The Morgan fingerprint density at radius 1 is 1.19 bits per heavy atom. The molecule has 0 saturated carbocycles. The van der Waals surface area contributed by atoms with Crippen molar-refractivity contribution in [1.82, 2.24) is 0 Å². The number of hydrogen-bond acceptors (Lipinski definition) is 3. The second kappa shape index (κ2) is 5.18. The predicted octanol–water partition coefficient (Wildman–Crippen LogP) is 3.45. The molecule has 1 heterocycles. The lowest BCUT2D eigenvalue weighted by molar-refractivity contribution is -0.384. The maximum absolute atomic E-state index is 12.6. The molecule has 2 aromatic carbocycles. The van der Waals surface area contributed by atoms with Gasteiger partial charge in [0.1, 0.15) is 5.69 Å². The molecule has 0 spiro atoms. The van der Waals surface area contributed by atoms with Crippen molar-refractivity contribution in [2.45, 2.75) is 6.42 Å². The van der Waals surface area contributed by atoms with Gasteiger partial charge in [-0.2, -0.15) is 0 Å². The Labute approximate surface area is 125 Å². The maximum atomic E-state index is 12.6. The SMILES string of the molecule is O=C(c1ccc(Cl)cc1)N1CCc2cccc([N+](=O)[O-])c21. The van der Waals surface area contributed by atoms with E-state index in [1.165, 1.54) is 11.0 Å². The monoisotopic (exact) mass is 302 g/mol. The molecule has 0 radical (unpaired) electrons. The van der Waals surface area contributed by atoms with Crippen LogP contribution in [0.25, 0.3) is 0 Å². The molecule has 0 unspecified atom stereocenters. The van der Waals surface area contributed by atoms with Crippen LogP contribution < -0.4 is 4.90 Å². The highest BCUT2D eigenvalue weighted by Crippen LogP contribution is 2.37. The highest BCUT2D eigenvalue weighted by molar-refractivity contribution is 6.30. The van der Waals surface area contributed by atoms with Gasteiger partial charge in [0.2, 0.25) is 0 Å². The summed E-state index contributed by atoms with van der Waals surface area (Å²) >= 11 is 5.81. The topological polar surface area (TPSA) is 63.5 Å². The lowest BCUT2D eigenvalue weighted by atomic mass is 10.1. The molecule has 1 aliphatic rings. The first-order chi connectivity index (χ1) is 10.1. The van der Waals surface area contributed by atoms with E-state index in [1.54, 1.807) is 30.3 Å². The molecule has 0 bridgehead atoms. The summed E-state index contributed by atoms with van der Waals surface area (Å²) in [5, 5.41) is 11.7. The van der Waals surface area contributed by atoms with Crippen LogP contribution in [0.1, 0.15) is 15.9 Å². The Kier molecular flexibility index (Phi) is 3.35. The van der Waals surface area contributed by atoms with Crippen LogP contribution in [-0.2, 0) is 6.42 Å². The van der Waals surface area contributed by atoms with Crippen molar-refractivity contribution in [3.8, 4) is 0 Å². The largest absolute Gasteiger partial charge is 0.302 e. The predicted molar refractivity (Wildman–Crippen MR) is 79.9 cm³/mol. The summed E-state index contributed by atoms with van der Waals surface area (Å²) in [5.41, 5.74) is 1.66. The third-order valence-corrected chi connectivity index (χ3v) is 3.76. The molecule has 1 aliphatic heterocycles. The molecule has 0 aromatic heterocycles. The zero-order valence-electron chi connectivity index (χ0n) is 11.0. The van der Waals surface area contributed by atoms with E-state index >= 15 is 0 Å². The fraction of sp³-hybridized carbons (Fsp3) is 0.133. The molecule has 21 heavy (non-hydrogen) atoms. The van der Waals surface area contributed by atoms with Crippen molar-refractivity contribution in [2.75, 3.05) is 11.4 Å². The van der Waals surface area contributed by atoms with Crippen LogP contribution in [0.4, 0.5) is 11.4 Å². The summed E-state index contributed by atoms with van der Waals surface area (Å²) in [6.45, 7) is 0.446. The number of nitro benzene ring substituents is 1. The number of hydrogen-bond donors (Lipinski definition) is 0. The first kappa shape index (κ1) is 13.6. The van der Waals surface area contributed by atoms with Gasteiger partial charge in [-0.1, -0.05) is 23.7 Å². The van der Waals surface area contributed by atoms with Gasteiger partial charge in [0.25, 0.3) is 11.6 Å².